The average molecular weight is 241 g/mol. The van der Waals surface area contributed by atoms with Crippen LogP contribution in [0.3, 0.4) is 0 Å². The molecule has 1 aromatic rings. The first-order chi connectivity index (χ1) is 7.42. The van der Waals surface area contributed by atoms with Crippen LogP contribution in [0.15, 0.2) is 6.33 Å². The molecule has 0 unspecified atom stereocenters. The normalized spacial score (nSPS) is 11.8. The summed E-state index contributed by atoms with van der Waals surface area (Å²) in [5.41, 5.74) is 0. The van der Waals surface area contributed by atoms with Crippen LogP contribution in [0.4, 0.5) is 0 Å². The summed E-state index contributed by atoms with van der Waals surface area (Å²) < 4.78 is 1.90. The molecule has 0 atom stereocenters. The van der Waals surface area contributed by atoms with Gasteiger partial charge in [-0.2, -0.15) is 5.10 Å². The molecule has 0 aliphatic carbocycles. The number of thioether (sulfide) groups is 1. The van der Waals surface area contributed by atoms with Gasteiger partial charge in [-0.25, -0.2) is 9.67 Å². The number of rotatable bonds is 5. The van der Waals surface area contributed by atoms with E-state index in [4.69, 9.17) is 0 Å². The number of aryl methyl sites for hydroxylation is 1. The zero-order valence-electron chi connectivity index (χ0n) is 10.4. The van der Waals surface area contributed by atoms with Gasteiger partial charge >= 0.3 is 0 Å². The van der Waals surface area contributed by atoms with Gasteiger partial charge in [-0.1, -0.05) is 20.8 Å². The van der Waals surface area contributed by atoms with Gasteiger partial charge in [0, 0.05) is 11.3 Å². The van der Waals surface area contributed by atoms with Gasteiger partial charge in [0.1, 0.15) is 17.9 Å². The Bertz CT molecular complexity index is 354. The largest absolute Gasteiger partial charge is 0.298 e. The molecule has 0 saturated carbocycles. The SMILES string of the molecule is CCn1ncnc1CC(=O)CSC(C)(C)C. The van der Waals surface area contributed by atoms with Crippen LogP contribution in [-0.4, -0.2) is 31.0 Å². The molecule has 0 fully saturated rings. The maximum absolute atomic E-state index is 11.7. The van der Waals surface area contributed by atoms with Crippen LogP contribution < -0.4 is 0 Å². The Hall–Kier alpha value is -0.840. The molecule has 0 amide bonds. The number of ketones is 1. The van der Waals surface area contributed by atoms with Crippen LogP contribution in [0.5, 0.6) is 0 Å². The first-order valence-electron chi connectivity index (χ1n) is 5.44. The summed E-state index contributed by atoms with van der Waals surface area (Å²) in [5, 5.41) is 4.04. The number of Topliss-reactive ketones (excluding diaryl/α,β-unsaturated/α-hetero) is 1. The molecule has 0 N–H and O–H groups in total. The molecule has 4 nitrogen and oxygen atoms in total. The third-order valence-corrected chi connectivity index (χ3v) is 3.35. The van der Waals surface area contributed by atoms with Crippen LogP contribution in [0, 0.1) is 0 Å². The van der Waals surface area contributed by atoms with Crippen LogP contribution in [0.25, 0.3) is 0 Å². The van der Waals surface area contributed by atoms with Crippen LogP contribution in [0.2, 0.25) is 0 Å². The quantitative estimate of drug-likeness (QED) is 0.790. The molecule has 0 aliphatic rings. The van der Waals surface area contributed by atoms with Crippen LogP contribution in [-0.2, 0) is 17.8 Å². The van der Waals surface area contributed by atoms with Gasteiger partial charge < -0.3 is 0 Å². The van der Waals surface area contributed by atoms with Gasteiger partial charge in [-0.05, 0) is 6.92 Å². The minimum atomic E-state index is 0.133. The number of aromatic nitrogens is 3. The molecule has 0 aliphatic heterocycles. The Morgan fingerprint density at radius 2 is 2.19 bits per heavy atom. The van der Waals surface area contributed by atoms with Crippen molar-refractivity contribution in [1.29, 1.82) is 0 Å². The van der Waals surface area contributed by atoms with Crippen LogP contribution in [0.1, 0.15) is 33.5 Å². The molecule has 0 saturated heterocycles. The summed E-state index contributed by atoms with van der Waals surface area (Å²) in [5.74, 6) is 1.52. The molecule has 0 radical (unpaired) electrons. The van der Waals surface area contributed by atoms with Crippen molar-refractivity contribution in [3.63, 3.8) is 0 Å². The van der Waals surface area contributed by atoms with Gasteiger partial charge in [-0.3, -0.25) is 4.79 Å². The highest BCUT2D eigenvalue weighted by Gasteiger charge is 2.15. The Labute approximate surface area is 101 Å². The second-order valence-corrected chi connectivity index (χ2v) is 6.41. The highest BCUT2D eigenvalue weighted by atomic mass is 32.2. The van der Waals surface area contributed by atoms with E-state index >= 15 is 0 Å². The standard InChI is InChI=1S/C11H19N3OS/c1-5-14-10(12-8-13-14)6-9(15)7-16-11(2,3)4/h8H,5-7H2,1-4H3. The van der Waals surface area contributed by atoms with Crippen molar-refractivity contribution in [3.8, 4) is 0 Å². The van der Waals surface area contributed by atoms with Crippen molar-refractivity contribution in [2.45, 2.75) is 45.4 Å². The van der Waals surface area contributed by atoms with Gasteiger partial charge in [0.25, 0.3) is 0 Å². The highest BCUT2D eigenvalue weighted by molar-refractivity contribution is 8.01. The summed E-state index contributed by atoms with van der Waals surface area (Å²) in [6.07, 6.45) is 1.89. The molecule has 1 rings (SSSR count). The lowest BCUT2D eigenvalue weighted by Gasteiger charge is -2.16. The van der Waals surface area contributed by atoms with E-state index in [0.717, 1.165) is 12.4 Å². The van der Waals surface area contributed by atoms with Crippen molar-refractivity contribution in [2.75, 3.05) is 5.75 Å². The van der Waals surface area contributed by atoms with E-state index in [-0.39, 0.29) is 10.5 Å². The van der Waals surface area contributed by atoms with E-state index in [0.29, 0.717) is 12.2 Å². The topological polar surface area (TPSA) is 47.8 Å². The molecular formula is C11H19N3OS. The van der Waals surface area contributed by atoms with Gasteiger partial charge in [0.2, 0.25) is 0 Å². The maximum Gasteiger partial charge on any atom is 0.150 e. The van der Waals surface area contributed by atoms with Crippen molar-refractivity contribution >= 4 is 17.5 Å². The van der Waals surface area contributed by atoms with E-state index in [9.17, 15) is 4.79 Å². The average Bonchev–Trinajstić information content (AvgIpc) is 2.61. The second-order valence-electron chi connectivity index (χ2n) is 4.61. The number of nitrogens with zero attached hydrogens (tertiary/aromatic N) is 3. The summed E-state index contributed by atoms with van der Waals surface area (Å²) in [7, 11) is 0. The third-order valence-electron chi connectivity index (χ3n) is 2.02. The fourth-order valence-electron chi connectivity index (χ4n) is 1.21. The second kappa shape index (κ2) is 5.48. The fourth-order valence-corrected chi connectivity index (χ4v) is 1.91. The van der Waals surface area contributed by atoms with E-state index < -0.39 is 0 Å². The monoisotopic (exact) mass is 241 g/mol. The molecule has 5 heteroatoms. The smallest absolute Gasteiger partial charge is 0.150 e. The molecule has 1 aromatic heterocycles. The van der Waals surface area contributed by atoms with E-state index in [2.05, 4.69) is 30.9 Å². The molecule has 0 bridgehead atoms. The molecule has 0 spiro atoms. The summed E-state index contributed by atoms with van der Waals surface area (Å²) in [4.78, 5) is 15.8. The first kappa shape index (κ1) is 13.2. The fraction of sp³-hybridized carbons (Fsp3) is 0.727. The van der Waals surface area contributed by atoms with Crippen molar-refractivity contribution in [1.82, 2.24) is 14.8 Å². The van der Waals surface area contributed by atoms with E-state index in [1.165, 1.54) is 6.33 Å². The number of hydrogen-bond donors (Lipinski definition) is 0. The molecule has 90 valence electrons. The predicted molar refractivity (Wildman–Crippen MR) is 66.6 cm³/mol. The lowest BCUT2D eigenvalue weighted by molar-refractivity contribution is -0.116. The zero-order valence-corrected chi connectivity index (χ0v) is 11.2. The summed E-state index contributed by atoms with van der Waals surface area (Å²) in [6, 6.07) is 0. The minimum Gasteiger partial charge on any atom is -0.298 e. The summed E-state index contributed by atoms with van der Waals surface area (Å²) in [6.45, 7) is 9.08. The maximum atomic E-state index is 11.7. The summed E-state index contributed by atoms with van der Waals surface area (Å²) >= 11 is 1.67. The number of carbonyl (C=O) groups excluding carboxylic acids is 1. The van der Waals surface area contributed by atoms with E-state index in [1.807, 2.05) is 6.92 Å². The van der Waals surface area contributed by atoms with E-state index in [1.54, 1.807) is 16.4 Å². The number of carbonyl (C=O) groups is 1. The highest BCUT2D eigenvalue weighted by Crippen LogP contribution is 2.23. The molecule has 1 heterocycles. The van der Waals surface area contributed by atoms with Gasteiger partial charge in [0.05, 0.1) is 12.2 Å². The number of hydrogen-bond acceptors (Lipinski definition) is 4. The van der Waals surface area contributed by atoms with Gasteiger partial charge in [-0.15, -0.1) is 11.8 Å². The predicted octanol–water partition coefficient (Wildman–Crippen LogP) is 1.94. The minimum absolute atomic E-state index is 0.133. The lowest BCUT2D eigenvalue weighted by atomic mass is 10.3. The van der Waals surface area contributed by atoms with Crippen molar-refractivity contribution in [3.05, 3.63) is 12.2 Å². The zero-order chi connectivity index (χ0) is 12.2. The first-order valence-corrected chi connectivity index (χ1v) is 6.43. The van der Waals surface area contributed by atoms with Crippen molar-refractivity contribution < 1.29 is 4.79 Å². The Kier molecular flexibility index (Phi) is 4.53. The molecule has 16 heavy (non-hydrogen) atoms. The molecule has 0 aromatic carbocycles. The Morgan fingerprint density at radius 3 is 2.75 bits per heavy atom. The lowest BCUT2D eigenvalue weighted by Crippen LogP contribution is -2.16. The van der Waals surface area contributed by atoms with Gasteiger partial charge in [0.15, 0.2) is 0 Å². The van der Waals surface area contributed by atoms with Crippen LogP contribution >= 0.6 is 11.8 Å². The third kappa shape index (κ3) is 4.35. The molecular weight excluding hydrogens is 222 g/mol. The Balaban J connectivity index is 2.46. The Morgan fingerprint density at radius 1 is 1.50 bits per heavy atom. The van der Waals surface area contributed by atoms with Crippen molar-refractivity contribution in [2.24, 2.45) is 0 Å².